The van der Waals surface area contributed by atoms with Crippen LogP contribution in [0.15, 0.2) is 45.9 Å². The van der Waals surface area contributed by atoms with E-state index in [9.17, 15) is 18.0 Å². The Labute approximate surface area is 188 Å². The van der Waals surface area contributed by atoms with Gasteiger partial charge in [-0.2, -0.15) is 4.31 Å². The number of piperidine rings is 1. The number of amides is 2. The van der Waals surface area contributed by atoms with Crippen molar-refractivity contribution >= 4 is 27.5 Å². The van der Waals surface area contributed by atoms with Gasteiger partial charge < -0.3 is 14.6 Å². The van der Waals surface area contributed by atoms with Gasteiger partial charge >= 0.3 is 0 Å². The molecule has 1 N–H and O–H groups in total. The molecule has 0 spiro atoms. The minimum absolute atomic E-state index is 0.147. The predicted molar refractivity (Wildman–Crippen MR) is 120 cm³/mol. The van der Waals surface area contributed by atoms with E-state index in [1.54, 1.807) is 38.1 Å². The molecule has 0 saturated carbocycles. The molecular weight excluding hydrogens is 430 g/mol. The Morgan fingerprint density at radius 2 is 1.94 bits per heavy atom. The van der Waals surface area contributed by atoms with Crippen molar-refractivity contribution in [3.05, 3.63) is 47.9 Å². The number of hydrogen-bond acceptors (Lipinski definition) is 5. The first-order chi connectivity index (χ1) is 15.1. The molecular formula is C23H29N3O5S. The Bertz CT molecular complexity index is 1120. The van der Waals surface area contributed by atoms with E-state index < -0.39 is 15.4 Å². The number of carbonyl (C=O) groups excluding carboxylic acids is 2. The highest BCUT2D eigenvalue weighted by Gasteiger charge is 2.45. The summed E-state index contributed by atoms with van der Waals surface area (Å²) < 4.78 is 33.1. The van der Waals surface area contributed by atoms with E-state index in [4.69, 9.17) is 4.42 Å². The fourth-order valence-electron chi connectivity index (χ4n) is 4.30. The first-order valence-electron chi connectivity index (χ1n) is 10.9. The van der Waals surface area contributed by atoms with Crippen molar-refractivity contribution in [1.82, 2.24) is 9.62 Å². The second kappa shape index (κ2) is 8.37. The van der Waals surface area contributed by atoms with Crippen LogP contribution in [0.25, 0.3) is 0 Å². The number of hydrogen-bond donors (Lipinski definition) is 1. The van der Waals surface area contributed by atoms with Gasteiger partial charge in [-0.1, -0.05) is 6.92 Å². The van der Waals surface area contributed by atoms with Gasteiger partial charge in [-0.15, -0.1) is 0 Å². The first-order valence-corrected chi connectivity index (χ1v) is 12.3. The molecule has 2 aromatic rings. The molecule has 0 radical (unpaired) electrons. The van der Waals surface area contributed by atoms with Gasteiger partial charge in [-0.25, -0.2) is 8.42 Å². The Morgan fingerprint density at radius 3 is 2.59 bits per heavy atom. The lowest BCUT2D eigenvalue weighted by molar-refractivity contribution is -0.125. The summed E-state index contributed by atoms with van der Waals surface area (Å²) in [6.07, 6.45) is 3.21. The molecule has 32 heavy (non-hydrogen) atoms. The van der Waals surface area contributed by atoms with Crippen molar-refractivity contribution in [2.75, 3.05) is 24.5 Å². The van der Waals surface area contributed by atoms with Crippen LogP contribution < -0.4 is 10.2 Å². The summed E-state index contributed by atoms with van der Waals surface area (Å²) in [4.78, 5) is 27.2. The summed E-state index contributed by atoms with van der Waals surface area (Å²) in [6, 6.07) is 8.27. The van der Waals surface area contributed by atoms with Gasteiger partial charge in [-0.05, 0) is 68.5 Å². The molecule has 172 valence electrons. The summed E-state index contributed by atoms with van der Waals surface area (Å²) >= 11 is 0. The Kier molecular flexibility index (Phi) is 5.89. The van der Waals surface area contributed by atoms with Gasteiger partial charge in [0, 0.05) is 18.8 Å². The standard InChI is InChI=1S/C23H29N3O5S/c1-16-8-10-25(11-9-16)32(29,30)18-6-7-20-19(13-18)23(2,3)22(28)26(20)15-21(27)24-14-17-5-4-12-31-17/h4-7,12-13,16H,8-11,14-15H2,1-3H3,(H,24,27). The topological polar surface area (TPSA) is 99.9 Å². The van der Waals surface area contributed by atoms with Crippen molar-refractivity contribution < 1.29 is 22.4 Å². The SMILES string of the molecule is CC1CCN(S(=O)(=O)c2ccc3c(c2)C(C)(C)C(=O)N3CC(=O)NCc2ccco2)CC1. The molecule has 0 unspecified atom stereocenters. The van der Waals surface area contributed by atoms with E-state index in [-0.39, 0.29) is 29.8 Å². The fraction of sp³-hybridized carbons (Fsp3) is 0.478. The Hall–Kier alpha value is -2.65. The molecule has 1 aromatic carbocycles. The zero-order valence-electron chi connectivity index (χ0n) is 18.6. The lowest BCUT2D eigenvalue weighted by Gasteiger charge is -2.29. The highest BCUT2D eigenvalue weighted by atomic mass is 32.2. The second-order valence-corrected chi connectivity index (χ2v) is 11.1. The predicted octanol–water partition coefficient (Wildman–Crippen LogP) is 2.64. The van der Waals surface area contributed by atoms with Crippen molar-refractivity contribution in [3.8, 4) is 0 Å². The smallest absolute Gasteiger partial charge is 0.243 e. The molecule has 1 saturated heterocycles. The number of sulfonamides is 1. The fourth-order valence-corrected chi connectivity index (χ4v) is 5.80. The lowest BCUT2D eigenvalue weighted by atomic mass is 9.86. The van der Waals surface area contributed by atoms with Crippen LogP contribution in [-0.2, 0) is 31.6 Å². The molecule has 9 heteroatoms. The number of nitrogens with one attached hydrogen (secondary N) is 1. The molecule has 1 aromatic heterocycles. The van der Waals surface area contributed by atoms with E-state index in [0.29, 0.717) is 36.0 Å². The highest BCUT2D eigenvalue weighted by molar-refractivity contribution is 7.89. The number of anilines is 1. The number of nitrogens with zero attached hydrogens (tertiary/aromatic N) is 2. The summed E-state index contributed by atoms with van der Waals surface area (Å²) in [5, 5.41) is 2.74. The quantitative estimate of drug-likeness (QED) is 0.716. The minimum atomic E-state index is -3.64. The highest BCUT2D eigenvalue weighted by Crippen LogP contribution is 2.42. The first kappa shape index (κ1) is 22.5. The molecule has 8 nitrogen and oxygen atoms in total. The number of rotatable bonds is 6. The van der Waals surface area contributed by atoms with Crippen molar-refractivity contribution in [3.63, 3.8) is 0 Å². The van der Waals surface area contributed by atoms with Crippen LogP contribution >= 0.6 is 0 Å². The van der Waals surface area contributed by atoms with Crippen molar-refractivity contribution in [2.24, 2.45) is 5.92 Å². The van der Waals surface area contributed by atoms with Crippen LogP contribution in [0, 0.1) is 5.92 Å². The monoisotopic (exact) mass is 459 g/mol. The van der Waals surface area contributed by atoms with Crippen LogP contribution in [0.5, 0.6) is 0 Å². The number of carbonyl (C=O) groups is 2. The largest absolute Gasteiger partial charge is 0.467 e. The van der Waals surface area contributed by atoms with Gasteiger partial charge in [0.2, 0.25) is 21.8 Å². The molecule has 0 atom stereocenters. The summed E-state index contributed by atoms with van der Waals surface area (Å²) in [6.45, 7) is 6.74. The van der Waals surface area contributed by atoms with E-state index in [0.717, 1.165) is 12.8 Å². The van der Waals surface area contributed by atoms with Gasteiger partial charge in [0.1, 0.15) is 12.3 Å². The molecule has 2 amide bonds. The van der Waals surface area contributed by atoms with Crippen LogP contribution in [0.4, 0.5) is 5.69 Å². The van der Waals surface area contributed by atoms with Crippen LogP contribution in [0.3, 0.4) is 0 Å². The van der Waals surface area contributed by atoms with E-state index >= 15 is 0 Å². The third kappa shape index (κ3) is 4.06. The van der Waals surface area contributed by atoms with Crippen LogP contribution in [0.1, 0.15) is 44.9 Å². The Balaban J connectivity index is 1.56. The third-order valence-corrected chi connectivity index (χ3v) is 8.33. The van der Waals surface area contributed by atoms with Gasteiger partial charge in [-0.3, -0.25) is 9.59 Å². The normalized spacial score (nSPS) is 19.2. The lowest BCUT2D eigenvalue weighted by Crippen LogP contribution is -2.42. The summed E-state index contributed by atoms with van der Waals surface area (Å²) in [5.74, 6) is 0.582. The van der Waals surface area contributed by atoms with Crippen molar-refractivity contribution in [2.45, 2.75) is 50.5 Å². The zero-order chi connectivity index (χ0) is 23.1. The molecule has 3 heterocycles. The number of fused-ring (bicyclic) bond motifs is 1. The van der Waals surface area contributed by atoms with Gasteiger partial charge in [0.15, 0.2) is 0 Å². The van der Waals surface area contributed by atoms with Gasteiger partial charge in [0.05, 0.1) is 23.1 Å². The summed E-state index contributed by atoms with van der Waals surface area (Å²) in [5.41, 5.74) is 0.255. The average molecular weight is 460 g/mol. The second-order valence-electron chi connectivity index (χ2n) is 9.14. The zero-order valence-corrected chi connectivity index (χ0v) is 19.4. The van der Waals surface area contributed by atoms with E-state index in [1.165, 1.54) is 21.5 Å². The third-order valence-electron chi connectivity index (χ3n) is 6.43. The van der Waals surface area contributed by atoms with Crippen LogP contribution in [-0.4, -0.2) is 44.2 Å². The minimum Gasteiger partial charge on any atom is -0.467 e. The van der Waals surface area contributed by atoms with Crippen molar-refractivity contribution in [1.29, 1.82) is 0 Å². The number of furan rings is 1. The molecule has 0 aliphatic carbocycles. The maximum atomic E-state index is 13.2. The van der Waals surface area contributed by atoms with Gasteiger partial charge in [0.25, 0.3) is 0 Å². The molecule has 4 rings (SSSR count). The van der Waals surface area contributed by atoms with E-state index in [2.05, 4.69) is 12.2 Å². The Morgan fingerprint density at radius 1 is 1.22 bits per heavy atom. The maximum absolute atomic E-state index is 13.2. The molecule has 0 bridgehead atoms. The van der Waals surface area contributed by atoms with Crippen LogP contribution in [0.2, 0.25) is 0 Å². The summed E-state index contributed by atoms with van der Waals surface area (Å²) in [7, 11) is -3.64. The maximum Gasteiger partial charge on any atom is 0.243 e. The number of benzene rings is 1. The van der Waals surface area contributed by atoms with E-state index in [1.807, 2.05) is 0 Å². The molecule has 1 fully saturated rings. The molecule has 2 aliphatic rings. The molecule has 2 aliphatic heterocycles. The average Bonchev–Trinajstić information content (AvgIpc) is 3.34.